The molecule has 0 saturated heterocycles. The molecule has 0 amide bonds. The van der Waals surface area contributed by atoms with E-state index in [1.165, 1.54) is 12.3 Å². The number of pyridine rings is 1. The first kappa shape index (κ1) is 15.1. The Kier molecular flexibility index (Phi) is 4.98. The molecule has 0 aliphatic heterocycles. The van der Waals surface area contributed by atoms with Crippen molar-refractivity contribution in [3.8, 4) is 11.9 Å². The van der Waals surface area contributed by atoms with Crippen molar-refractivity contribution in [2.24, 2.45) is 5.92 Å². The van der Waals surface area contributed by atoms with Gasteiger partial charge in [-0.2, -0.15) is 18.4 Å². The summed E-state index contributed by atoms with van der Waals surface area (Å²) in [6.45, 7) is 3.03. The fourth-order valence-corrected chi connectivity index (χ4v) is 1.29. The van der Waals surface area contributed by atoms with E-state index in [2.05, 4.69) is 10.3 Å². The van der Waals surface area contributed by atoms with Crippen LogP contribution in [0.3, 0.4) is 0 Å². The first-order chi connectivity index (χ1) is 8.84. The second kappa shape index (κ2) is 6.27. The molecule has 0 aliphatic carbocycles. The van der Waals surface area contributed by atoms with Gasteiger partial charge in [0, 0.05) is 12.7 Å². The lowest BCUT2D eigenvalue weighted by molar-refractivity contribution is -0.155. The van der Waals surface area contributed by atoms with E-state index < -0.39 is 18.6 Å². The summed E-state index contributed by atoms with van der Waals surface area (Å²) in [5, 5.41) is 11.0. The Morgan fingerprint density at radius 1 is 1.47 bits per heavy atom. The van der Waals surface area contributed by atoms with Crippen LogP contribution in [0.5, 0.6) is 5.88 Å². The summed E-state index contributed by atoms with van der Waals surface area (Å²) in [5.74, 6) is -1.85. The minimum atomic E-state index is -4.55. The number of hydrogen-bond donors (Lipinski definition) is 1. The fourth-order valence-electron chi connectivity index (χ4n) is 1.29. The fraction of sp³-hybridized carbons (Fsp3) is 0.500. The van der Waals surface area contributed by atoms with Crippen molar-refractivity contribution in [2.45, 2.75) is 26.1 Å². The highest BCUT2D eigenvalue weighted by molar-refractivity contribution is 5.52. The molecule has 0 fully saturated rings. The van der Waals surface area contributed by atoms with E-state index in [1.54, 1.807) is 26.0 Å². The van der Waals surface area contributed by atoms with E-state index >= 15 is 0 Å². The molecule has 1 aromatic heterocycles. The Bertz CT molecular complexity index is 454. The number of alkyl halides is 3. The van der Waals surface area contributed by atoms with Gasteiger partial charge in [-0.05, 0) is 26.0 Å². The molecule has 1 aromatic rings. The molecule has 4 nitrogen and oxygen atoms in total. The average Bonchev–Trinajstić information content (AvgIpc) is 2.29. The minimum absolute atomic E-state index is 0.148. The number of aromatic nitrogens is 1. The predicted octanol–water partition coefficient (Wildman–Crippen LogP) is 2.98. The normalized spacial score (nSPS) is 12.9. The van der Waals surface area contributed by atoms with Crippen molar-refractivity contribution >= 4 is 5.69 Å². The van der Waals surface area contributed by atoms with E-state index in [0.717, 1.165) is 0 Å². The quantitative estimate of drug-likeness (QED) is 0.896. The lowest BCUT2D eigenvalue weighted by atomic mass is 10.1. The van der Waals surface area contributed by atoms with E-state index in [-0.39, 0.29) is 12.0 Å². The zero-order valence-corrected chi connectivity index (χ0v) is 10.5. The third-order valence-corrected chi connectivity index (χ3v) is 2.17. The minimum Gasteiger partial charge on any atom is -0.473 e. The van der Waals surface area contributed by atoms with Crippen LogP contribution in [-0.2, 0) is 0 Å². The van der Waals surface area contributed by atoms with Crippen molar-refractivity contribution in [2.75, 3.05) is 11.9 Å². The molecular weight excluding hydrogens is 259 g/mol. The van der Waals surface area contributed by atoms with E-state index in [9.17, 15) is 13.2 Å². The lowest BCUT2D eigenvalue weighted by Gasteiger charge is -2.17. The van der Waals surface area contributed by atoms with Crippen LogP contribution in [0.15, 0.2) is 18.3 Å². The molecule has 104 valence electrons. The van der Waals surface area contributed by atoms with Crippen LogP contribution in [0.25, 0.3) is 0 Å². The van der Waals surface area contributed by atoms with Crippen LogP contribution >= 0.6 is 0 Å². The van der Waals surface area contributed by atoms with Crippen molar-refractivity contribution in [3.63, 3.8) is 0 Å². The zero-order chi connectivity index (χ0) is 14.5. The number of ether oxygens (including phenoxy) is 1. The van der Waals surface area contributed by atoms with E-state index in [0.29, 0.717) is 5.69 Å². The molecule has 1 N–H and O–H groups in total. The van der Waals surface area contributed by atoms with E-state index in [4.69, 9.17) is 10.00 Å². The van der Waals surface area contributed by atoms with Crippen molar-refractivity contribution in [1.82, 2.24) is 4.98 Å². The zero-order valence-electron chi connectivity index (χ0n) is 10.5. The number of rotatable bonds is 5. The van der Waals surface area contributed by atoms with Gasteiger partial charge >= 0.3 is 6.18 Å². The second-order valence-corrected chi connectivity index (χ2v) is 4.13. The van der Waals surface area contributed by atoms with Crippen LogP contribution < -0.4 is 10.1 Å². The second-order valence-electron chi connectivity index (χ2n) is 4.13. The summed E-state index contributed by atoms with van der Waals surface area (Å²) >= 11 is 0. The monoisotopic (exact) mass is 273 g/mol. The number of nitrogens with one attached hydrogen (secondary N) is 1. The molecule has 1 atom stereocenters. The van der Waals surface area contributed by atoms with Gasteiger partial charge in [-0.15, -0.1) is 0 Å². The molecule has 0 bridgehead atoms. The molecule has 7 heteroatoms. The standard InChI is InChI=1S/C12H14F3N3O/c1-8(2)19-11-10(4-3-5-17-11)18-7-9(6-16)12(13,14)15/h3-5,8-9,18H,7H2,1-2H3. The summed E-state index contributed by atoms with van der Waals surface area (Å²) in [4.78, 5) is 3.94. The lowest BCUT2D eigenvalue weighted by Crippen LogP contribution is -2.28. The molecular formula is C12H14F3N3O. The molecule has 19 heavy (non-hydrogen) atoms. The Morgan fingerprint density at radius 3 is 2.68 bits per heavy atom. The smallest absolute Gasteiger partial charge is 0.406 e. The molecule has 0 saturated carbocycles. The first-order valence-corrected chi connectivity index (χ1v) is 5.66. The van der Waals surface area contributed by atoms with Gasteiger partial charge in [-0.1, -0.05) is 0 Å². The Hall–Kier alpha value is -1.97. The molecule has 0 aromatic carbocycles. The van der Waals surface area contributed by atoms with Crippen molar-refractivity contribution < 1.29 is 17.9 Å². The third-order valence-electron chi connectivity index (χ3n) is 2.17. The van der Waals surface area contributed by atoms with Gasteiger partial charge in [-0.3, -0.25) is 0 Å². The Balaban J connectivity index is 2.75. The first-order valence-electron chi connectivity index (χ1n) is 5.66. The highest BCUT2D eigenvalue weighted by Crippen LogP contribution is 2.27. The van der Waals surface area contributed by atoms with E-state index in [1.807, 2.05) is 0 Å². The van der Waals surface area contributed by atoms with Crippen molar-refractivity contribution in [3.05, 3.63) is 18.3 Å². The maximum Gasteiger partial charge on any atom is 0.406 e. The van der Waals surface area contributed by atoms with Gasteiger partial charge in [0.1, 0.15) is 0 Å². The third kappa shape index (κ3) is 4.66. The summed E-state index contributed by atoms with van der Waals surface area (Å²) < 4.78 is 42.6. The predicted molar refractivity (Wildman–Crippen MR) is 63.6 cm³/mol. The Morgan fingerprint density at radius 2 is 2.16 bits per heavy atom. The van der Waals surface area contributed by atoms with Gasteiger partial charge in [0.2, 0.25) is 5.88 Å². The number of anilines is 1. The highest BCUT2D eigenvalue weighted by Gasteiger charge is 2.39. The summed E-state index contributed by atoms with van der Waals surface area (Å²) in [6, 6.07) is 4.35. The van der Waals surface area contributed by atoms with Gasteiger partial charge in [0.05, 0.1) is 17.9 Å². The van der Waals surface area contributed by atoms with Crippen LogP contribution in [0, 0.1) is 17.2 Å². The van der Waals surface area contributed by atoms with Crippen LogP contribution in [0.1, 0.15) is 13.8 Å². The maximum atomic E-state index is 12.4. The maximum absolute atomic E-state index is 12.4. The number of nitrogens with zero attached hydrogens (tertiary/aromatic N) is 2. The summed E-state index contributed by atoms with van der Waals surface area (Å²) in [6.07, 6.45) is -3.22. The molecule has 0 aliphatic rings. The highest BCUT2D eigenvalue weighted by atomic mass is 19.4. The van der Waals surface area contributed by atoms with Gasteiger partial charge in [-0.25, -0.2) is 4.98 Å². The summed E-state index contributed by atoms with van der Waals surface area (Å²) in [7, 11) is 0. The van der Waals surface area contributed by atoms with Crippen LogP contribution in [0.4, 0.5) is 18.9 Å². The molecule has 0 spiro atoms. The van der Waals surface area contributed by atoms with Crippen LogP contribution in [0.2, 0.25) is 0 Å². The average molecular weight is 273 g/mol. The number of hydrogen-bond acceptors (Lipinski definition) is 4. The number of halogens is 3. The van der Waals surface area contributed by atoms with Crippen LogP contribution in [-0.4, -0.2) is 23.8 Å². The molecule has 1 heterocycles. The largest absolute Gasteiger partial charge is 0.473 e. The molecule has 1 unspecified atom stereocenters. The number of nitriles is 1. The van der Waals surface area contributed by atoms with Gasteiger partial charge in [0.25, 0.3) is 0 Å². The SMILES string of the molecule is CC(C)Oc1ncccc1NCC(C#N)C(F)(F)F. The molecule has 0 radical (unpaired) electrons. The van der Waals surface area contributed by atoms with Crippen molar-refractivity contribution in [1.29, 1.82) is 5.26 Å². The Labute approximate surface area is 109 Å². The van der Waals surface area contributed by atoms with Gasteiger partial charge in [0.15, 0.2) is 5.92 Å². The molecule has 1 rings (SSSR count). The van der Waals surface area contributed by atoms with Gasteiger partial charge < -0.3 is 10.1 Å². The topological polar surface area (TPSA) is 57.9 Å². The summed E-state index contributed by atoms with van der Waals surface area (Å²) in [5.41, 5.74) is 0.334.